The third-order valence-electron chi connectivity index (χ3n) is 5.54. The van der Waals surface area contributed by atoms with Crippen molar-refractivity contribution in [3.63, 3.8) is 0 Å². The quantitative estimate of drug-likeness (QED) is 0.438. The molecule has 0 bridgehead atoms. The number of methoxy groups -OCH3 is 1. The van der Waals surface area contributed by atoms with Crippen molar-refractivity contribution in [2.24, 2.45) is 0 Å². The highest BCUT2D eigenvalue weighted by Crippen LogP contribution is 2.22. The number of benzene rings is 2. The zero-order valence-corrected chi connectivity index (χ0v) is 19.5. The number of carbonyl (C=O) groups is 1. The van der Waals surface area contributed by atoms with Gasteiger partial charge in [-0.25, -0.2) is 0 Å². The summed E-state index contributed by atoms with van der Waals surface area (Å²) in [5.74, 6) is 0.947. The Kier molecular flexibility index (Phi) is 11.4. The molecule has 0 aromatic heterocycles. The van der Waals surface area contributed by atoms with E-state index in [0.29, 0.717) is 19.6 Å². The average Bonchev–Trinajstić information content (AvgIpc) is 3.32. The molecule has 1 aliphatic rings. The number of rotatable bonds is 13. The van der Waals surface area contributed by atoms with Gasteiger partial charge in [0.25, 0.3) is 0 Å². The van der Waals surface area contributed by atoms with Gasteiger partial charge in [0.15, 0.2) is 0 Å². The summed E-state index contributed by atoms with van der Waals surface area (Å²) in [5, 5.41) is 9.15. The number of aliphatic carboxylic acids is 1. The number of carboxylic acids is 1. The normalized spacial score (nSPS) is 14.5. The standard InChI is InChI=1S/C25H33NO5.ClH/c1-29-22-10-6-8-20(18-22)12-13-21-9-2-3-11-23(21)30-16-7-17-31-24(19-25(27)28)26-14-4-5-15-26;/h2-3,6,8-11,18,24H,4-5,7,12-17,19H2,1H3,(H,27,28);1H. The number of halogens is 1. The maximum absolute atomic E-state index is 11.1. The Labute approximate surface area is 196 Å². The Hall–Kier alpha value is -2.28. The summed E-state index contributed by atoms with van der Waals surface area (Å²) in [6.07, 6.45) is 4.41. The van der Waals surface area contributed by atoms with Gasteiger partial charge in [-0.2, -0.15) is 0 Å². The highest BCUT2D eigenvalue weighted by molar-refractivity contribution is 5.85. The lowest BCUT2D eigenvalue weighted by molar-refractivity contribution is -0.145. The monoisotopic (exact) mass is 463 g/mol. The first-order valence-corrected chi connectivity index (χ1v) is 11.1. The third-order valence-corrected chi connectivity index (χ3v) is 5.54. The minimum Gasteiger partial charge on any atom is -0.497 e. The number of likely N-dealkylation sites (tertiary alicyclic amines) is 1. The molecule has 0 radical (unpaired) electrons. The van der Waals surface area contributed by atoms with Crippen LogP contribution in [0.1, 0.15) is 36.8 Å². The highest BCUT2D eigenvalue weighted by Gasteiger charge is 2.24. The van der Waals surface area contributed by atoms with Crippen molar-refractivity contribution >= 4 is 18.4 Å². The van der Waals surface area contributed by atoms with Gasteiger partial charge >= 0.3 is 5.97 Å². The minimum atomic E-state index is -0.821. The topological polar surface area (TPSA) is 68.2 Å². The number of carboxylic acid groups (broad SMARTS) is 1. The number of para-hydroxylation sites is 1. The van der Waals surface area contributed by atoms with Crippen LogP contribution in [0.2, 0.25) is 0 Å². The first-order chi connectivity index (χ1) is 15.2. The minimum absolute atomic E-state index is 0. The number of hydrogen-bond acceptors (Lipinski definition) is 5. The molecule has 176 valence electrons. The number of aryl methyl sites for hydroxylation is 2. The molecule has 1 aliphatic heterocycles. The van der Waals surface area contributed by atoms with E-state index in [0.717, 1.165) is 50.3 Å². The zero-order chi connectivity index (χ0) is 21.9. The van der Waals surface area contributed by atoms with Crippen LogP contribution < -0.4 is 9.47 Å². The molecule has 1 N–H and O–H groups in total. The van der Waals surface area contributed by atoms with E-state index in [9.17, 15) is 4.79 Å². The van der Waals surface area contributed by atoms with E-state index in [1.54, 1.807) is 7.11 Å². The molecule has 1 saturated heterocycles. The summed E-state index contributed by atoms with van der Waals surface area (Å²) < 4.78 is 17.2. The average molecular weight is 464 g/mol. The SMILES string of the molecule is COc1cccc(CCc2ccccc2OCCCOC(CC(=O)O)N2CCCC2)c1.Cl. The first-order valence-electron chi connectivity index (χ1n) is 11.1. The number of ether oxygens (including phenoxy) is 3. The van der Waals surface area contributed by atoms with Crippen molar-refractivity contribution < 1.29 is 24.1 Å². The Morgan fingerprint density at radius 3 is 2.59 bits per heavy atom. The molecule has 6 nitrogen and oxygen atoms in total. The predicted molar refractivity (Wildman–Crippen MR) is 127 cm³/mol. The van der Waals surface area contributed by atoms with E-state index in [4.69, 9.17) is 19.3 Å². The maximum Gasteiger partial charge on any atom is 0.307 e. The molecular weight excluding hydrogens is 430 g/mol. The van der Waals surface area contributed by atoms with Crippen LogP contribution in [-0.4, -0.2) is 55.6 Å². The lowest BCUT2D eigenvalue weighted by atomic mass is 10.0. The van der Waals surface area contributed by atoms with Gasteiger partial charge in [0.05, 0.1) is 26.7 Å². The van der Waals surface area contributed by atoms with Crippen molar-refractivity contribution in [2.75, 3.05) is 33.4 Å². The Morgan fingerprint density at radius 1 is 1.06 bits per heavy atom. The van der Waals surface area contributed by atoms with Crippen molar-refractivity contribution in [3.8, 4) is 11.5 Å². The maximum atomic E-state index is 11.1. The van der Waals surface area contributed by atoms with Crippen molar-refractivity contribution in [2.45, 2.75) is 44.8 Å². The fourth-order valence-corrected chi connectivity index (χ4v) is 3.89. The zero-order valence-electron chi connectivity index (χ0n) is 18.7. The van der Waals surface area contributed by atoms with Crippen molar-refractivity contribution in [1.29, 1.82) is 0 Å². The predicted octanol–water partition coefficient (Wildman–Crippen LogP) is 4.58. The summed E-state index contributed by atoms with van der Waals surface area (Å²) >= 11 is 0. The second-order valence-corrected chi connectivity index (χ2v) is 7.83. The van der Waals surface area contributed by atoms with Crippen LogP contribution in [0.15, 0.2) is 48.5 Å². The summed E-state index contributed by atoms with van der Waals surface area (Å²) in [6, 6.07) is 16.2. The van der Waals surface area contributed by atoms with Gasteiger partial charge in [-0.05, 0) is 55.0 Å². The number of nitrogens with zero attached hydrogens (tertiary/aromatic N) is 1. The summed E-state index contributed by atoms with van der Waals surface area (Å²) in [6.45, 7) is 2.85. The molecule has 32 heavy (non-hydrogen) atoms. The molecule has 2 aromatic carbocycles. The van der Waals surface area contributed by atoms with Crippen LogP contribution in [0.3, 0.4) is 0 Å². The van der Waals surface area contributed by atoms with E-state index in [2.05, 4.69) is 23.1 Å². The van der Waals surface area contributed by atoms with Gasteiger partial charge in [-0.3, -0.25) is 9.69 Å². The summed E-state index contributed by atoms with van der Waals surface area (Å²) in [4.78, 5) is 13.3. The van der Waals surface area contributed by atoms with E-state index in [1.807, 2.05) is 30.3 Å². The first kappa shape index (κ1) is 26.0. The molecule has 7 heteroatoms. The van der Waals surface area contributed by atoms with Crippen LogP contribution in [0.25, 0.3) is 0 Å². The summed E-state index contributed by atoms with van der Waals surface area (Å²) in [5.41, 5.74) is 2.40. The fraction of sp³-hybridized carbons (Fsp3) is 0.480. The molecule has 0 aliphatic carbocycles. The van der Waals surface area contributed by atoms with Gasteiger partial charge in [-0.1, -0.05) is 30.3 Å². The lowest BCUT2D eigenvalue weighted by Gasteiger charge is -2.26. The Balaban J connectivity index is 0.00000363. The molecule has 1 heterocycles. The van der Waals surface area contributed by atoms with E-state index >= 15 is 0 Å². The Morgan fingerprint density at radius 2 is 1.84 bits per heavy atom. The molecule has 1 fully saturated rings. The van der Waals surface area contributed by atoms with Gasteiger partial charge in [-0.15, -0.1) is 12.4 Å². The van der Waals surface area contributed by atoms with E-state index in [-0.39, 0.29) is 25.1 Å². The summed E-state index contributed by atoms with van der Waals surface area (Å²) in [7, 11) is 1.68. The molecule has 0 spiro atoms. The fourth-order valence-electron chi connectivity index (χ4n) is 3.89. The molecule has 3 rings (SSSR count). The van der Waals surface area contributed by atoms with Crippen LogP contribution in [0.5, 0.6) is 11.5 Å². The van der Waals surface area contributed by atoms with Crippen LogP contribution >= 0.6 is 12.4 Å². The van der Waals surface area contributed by atoms with Gasteiger partial charge in [0.2, 0.25) is 0 Å². The molecule has 1 atom stereocenters. The largest absolute Gasteiger partial charge is 0.497 e. The molecule has 0 saturated carbocycles. The molecule has 1 unspecified atom stereocenters. The van der Waals surface area contributed by atoms with Crippen LogP contribution in [0, 0.1) is 0 Å². The third kappa shape index (κ3) is 8.34. The molecule has 0 amide bonds. The second kappa shape index (κ2) is 14.0. The van der Waals surface area contributed by atoms with E-state index < -0.39 is 5.97 Å². The second-order valence-electron chi connectivity index (χ2n) is 7.83. The van der Waals surface area contributed by atoms with Crippen LogP contribution in [0.4, 0.5) is 0 Å². The van der Waals surface area contributed by atoms with Gasteiger partial charge in [0, 0.05) is 19.5 Å². The lowest BCUT2D eigenvalue weighted by Crippen LogP contribution is -2.37. The molecular formula is C25H34ClNO5. The van der Waals surface area contributed by atoms with E-state index in [1.165, 1.54) is 11.1 Å². The van der Waals surface area contributed by atoms with Crippen LogP contribution in [-0.2, 0) is 22.4 Å². The Bertz CT molecular complexity index is 825. The van der Waals surface area contributed by atoms with Crippen molar-refractivity contribution in [1.82, 2.24) is 4.90 Å². The van der Waals surface area contributed by atoms with Gasteiger partial charge in [0.1, 0.15) is 17.7 Å². The number of hydrogen-bond donors (Lipinski definition) is 1. The van der Waals surface area contributed by atoms with Crippen molar-refractivity contribution in [3.05, 3.63) is 59.7 Å². The highest BCUT2D eigenvalue weighted by atomic mass is 35.5. The van der Waals surface area contributed by atoms with Gasteiger partial charge < -0.3 is 19.3 Å². The smallest absolute Gasteiger partial charge is 0.307 e. The molecule has 2 aromatic rings.